The van der Waals surface area contributed by atoms with Crippen molar-refractivity contribution in [1.29, 1.82) is 0 Å². The van der Waals surface area contributed by atoms with Crippen LogP contribution in [-0.4, -0.2) is 34.2 Å². The number of nitrogens with zero attached hydrogens (tertiary/aromatic N) is 2. The summed E-state index contributed by atoms with van der Waals surface area (Å²) >= 11 is 1.76. The standard InChI is InChI=1S/C15H26N2OS/c1-15(2,3)14-16-12(11-19-14)10-17(8-9-18)13-6-4-5-7-13/h11,13,18H,4-10H2,1-3H3. The molecular weight excluding hydrogens is 256 g/mol. The van der Waals surface area contributed by atoms with Crippen LogP contribution in [0.4, 0.5) is 0 Å². The van der Waals surface area contributed by atoms with Crippen LogP contribution in [0.5, 0.6) is 0 Å². The number of aromatic nitrogens is 1. The average Bonchev–Trinajstić information content (AvgIpc) is 2.98. The van der Waals surface area contributed by atoms with Crippen molar-refractivity contribution in [2.45, 2.75) is 64.5 Å². The predicted octanol–water partition coefficient (Wildman–Crippen LogP) is 3.18. The van der Waals surface area contributed by atoms with Gasteiger partial charge >= 0.3 is 0 Å². The molecule has 0 radical (unpaired) electrons. The van der Waals surface area contributed by atoms with Gasteiger partial charge in [-0.2, -0.15) is 0 Å². The Bertz CT molecular complexity index is 391. The van der Waals surface area contributed by atoms with Gasteiger partial charge < -0.3 is 5.11 Å². The highest BCUT2D eigenvalue weighted by Gasteiger charge is 2.24. The van der Waals surface area contributed by atoms with Crippen molar-refractivity contribution in [2.24, 2.45) is 0 Å². The first-order chi connectivity index (χ1) is 9.00. The van der Waals surface area contributed by atoms with E-state index < -0.39 is 0 Å². The Labute approximate surface area is 120 Å². The fourth-order valence-corrected chi connectivity index (χ4v) is 3.62. The first-order valence-electron chi connectivity index (χ1n) is 7.30. The Kier molecular flexibility index (Phi) is 4.98. The molecule has 1 saturated carbocycles. The van der Waals surface area contributed by atoms with Gasteiger partial charge in [0.15, 0.2) is 0 Å². The molecule has 1 aliphatic carbocycles. The van der Waals surface area contributed by atoms with Gasteiger partial charge in [0.05, 0.1) is 17.3 Å². The second-order valence-corrected chi connectivity index (χ2v) is 7.38. The maximum absolute atomic E-state index is 9.25. The Balaban J connectivity index is 2.02. The van der Waals surface area contributed by atoms with Crippen LogP contribution in [0, 0.1) is 0 Å². The maximum atomic E-state index is 9.25. The zero-order valence-corrected chi connectivity index (χ0v) is 13.2. The summed E-state index contributed by atoms with van der Waals surface area (Å²) in [6.45, 7) is 8.52. The molecular formula is C15H26N2OS. The van der Waals surface area contributed by atoms with Gasteiger partial charge in [-0.15, -0.1) is 11.3 Å². The molecule has 3 nitrogen and oxygen atoms in total. The minimum absolute atomic E-state index is 0.137. The van der Waals surface area contributed by atoms with Gasteiger partial charge in [0.25, 0.3) is 0 Å². The second kappa shape index (κ2) is 6.33. The molecule has 0 bridgehead atoms. The molecule has 108 valence electrons. The second-order valence-electron chi connectivity index (χ2n) is 6.53. The summed E-state index contributed by atoms with van der Waals surface area (Å²) in [5.41, 5.74) is 1.30. The Hall–Kier alpha value is -0.450. The number of hydrogen-bond donors (Lipinski definition) is 1. The van der Waals surface area contributed by atoms with Gasteiger partial charge in [0.2, 0.25) is 0 Å². The molecule has 1 aromatic rings. The van der Waals surface area contributed by atoms with Crippen molar-refractivity contribution in [3.63, 3.8) is 0 Å². The molecule has 4 heteroatoms. The van der Waals surface area contributed by atoms with Crippen LogP contribution >= 0.6 is 11.3 Å². The van der Waals surface area contributed by atoms with Crippen molar-refractivity contribution in [1.82, 2.24) is 9.88 Å². The first kappa shape index (κ1) is 14.9. The molecule has 2 rings (SSSR count). The largest absolute Gasteiger partial charge is 0.395 e. The molecule has 0 amide bonds. The van der Waals surface area contributed by atoms with Gasteiger partial charge in [0, 0.05) is 29.9 Å². The highest BCUT2D eigenvalue weighted by atomic mass is 32.1. The van der Waals surface area contributed by atoms with E-state index in [1.165, 1.54) is 30.7 Å². The van der Waals surface area contributed by atoms with E-state index in [1.807, 2.05) is 0 Å². The fourth-order valence-electron chi connectivity index (χ4n) is 2.72. The van der Waals surface area contributed by atoms with Gasteiger partial charge in [0.1, 0.15) is 0 Å². The summed E-state index contributed by atoms with van der Waals surface area (Å²) in [6.07, 6.45) is 5.21. The summed E-state index contributed by atoms with van der Waals surface area (Å²) in [4.78, 5) is 7.18. The third-order valence-electron chi connectivity index (χ3n) is 3.79. The lowest BCUT2D eigenvalue weighted by Gasteiger charge is -2.27. The van der Waals surface area contributed by atoms with E-state index in [0.717, 1.165) is 18.8 Å². The van der Waals surface area contributed by atoms with E-state index in [-0.39, 0.29) is 12.0 Å². The molecule has 1 aliphatic rings. The van der Waals surface area contributed by atoms with Crippen molar-refractivity contribution in [3.8, 4) is 0 Å². The molecule has 0 atom stereocenters. The molecule has 19 heavy (non-hydrogen) atoms. The van der Waals surface area contributed by atoms with E-state index in [2.05, 4.69) is 31.1 Å². The lowest BCUT2D eigenvalue weighted by molar-refractivity contribution is 0.143. The number of thiazole rings is 1. The van der Waals surface area contributed by atoms with E-state index >= 15 is 0 Å². The Morgan fingerprint density at radius 1 is 1.37 bits per heavy atom. The predicted molar refractivity (Wildman–Crippen MR) is 80.6 cm³/mol. The third kappa shape index (κ3) is 4.01. The average molecular weight is 282 g/mol. The lowest BCUT2D eigenvalue weighted by atomic mass is 9.98. The van der Waals surface area contributed by atoms with Crippen molar-refractivity contribution >= 4 is 11.3 Å². The number of rotatable bonds is 5. The first-order valence-corrected chi connectivity index (χ1v) is 8.18. The van der Waals surface area contributed by atoms with Crippen LogP contribution in [0.3, 0.4) is 0 Å². The van der Waals surface area contributed by atoms with Gasteiger partial charge in [-0.25, -0.2) is 4.98 Å². The summed E-state index contributed by atoms with van der Waals surface area (Å²) in [5, 5.41) is 12.6. The van der Waals surface area contributed by atoms with Crippen LogP contribution in [0.15, 0.2) is 5.38 Å². The SMILES string of the molecule is CC(C)(C)c1nc(CN(CCO)C2CCCC2)cs1. The molecule has 1 aromatic heterocycles. The Morgan fingerprint density at radius 3 is 2.58 bits per heavy atom. The molecule has 0 aromatic carbocycles. The lowest BCUT2D eigenvalue weighted by Crippen LogP contribution is -2.35. The van der Waals surface area contributed by atoms with Gasteiger partial charge in [-0.3, -0.25) is 4.90 Å². The van der Waals surface area contributed by atoms with Crippen molar-refractivity contribution in [3.05, 3.63) is 16.1 Å². The number of aliphatic hydroxyl groups is 1. The zero-order valence-electron chi connectivity index (χ0n) is 12.4. The van der Waals surface area contributed by atoms with Crippen LogP contribution in [0.2, 0.25) is 0 Å². The number of hydrogen-bond acceptors (Lipinski definition) is 4. The molecule has 0 unspecified atom stereocenters. The third-order valence-corrected chi connectivity index (χ3v) is 5.10. The van der Waals surface area contributed by atoms with Crippen LogP contribution < -0.4 is 0 Å². The van der Waals surface area contributed by atoms with E-state index in [4.69, 9.17) is 4.98 Å². The molecule has 1 fully saturated rings. The summed E-state index contributed by atoms with van der Waals surface area (Å²) < 4.78 is 0. The molecule has 0 aliphatic heterocycles. The van der Waals surface area contributed by atoms with Crippen molar-refractivity contribution < 1.29 is 5.11 Å². The minimum atomic E-state index is 0.137. The highest BCUT2D eigenvalue weighted by molar-refractivity contribution is 7.09. The van der Waals surface area contributed by atoms with Crippen LogP contribution in [-0.2, 0) is 12.0 Å². The van der Waals surface area contributed by atoms with Gasteiger partial charge in [-0.1, -0.05) is 33.6 Å². The van der Waals surface area contributed by atoms with E-state index in [9.17, 15) is 5.11 Å². The monoisotopic (exact) mass is 282 g/mol. The summed E-state index contributed by atoms with van der Waals surface area (Å²) in [6, 6.07) is 0.645. The van der Waals surface area contributed by atoms with Crippen LogP contribution in [0.1, 0.15) is 57.2 Å². The smallest absolute Gasteiger partial charge is 0.0982 e. The Morgan fingerprint density at radius 2 is 2.05 bits per heavy atom. The topological polar surface area (TPSA) is 36.4 Å². The molecule has 0 spiro atoms. The summed E-state index contributed by atoms with van der Waals surface area (Å²) in [5.74, 6) is 0. The van der Waals surface area contributed by atoms with E-state index in [1.54, 1.807) is 11.3 Å². The summed E-state index contributed by atoms with van der Waals surface area (Å²) in [7, 11) is 0. The maximum Gasteiger partial charge on any atom is 0.0982 e. The van der Waals surface area contributed by atoms with Crippen LogP contribution in [0.25, 0.3) is 0 Å². The van der Waals surface area contributed by atoms with E-state index in [0.29, 0.717) is 6.04 Å². The molecule has 1 N–H and O–H groups in total. The molecule has 1 heterocycles. The van der Waals surface area contributed by atoms with Crippen molar-refractivity contribution in [2.75, 3.05) is 13.2 Å². The normalized spacial score (nSPS) is 17.5. The highest BCUT2D eigenvalue weighted by Crippen LogP contribution is 2.28. The minimum Gasteiger partial charge on any atom is -0.395 e. The molecule has 0 saturated heterocycles. The number of aliphatic hydroxyl groups excluding tert-OH is 1. The van der Waals surface area contributed by atoms with Gasteiger partial charge in [-0.05, 0) is 12.8 Å². The zero-order chi connectivity index (χ0) is 13.9. The quantitative estimate of drug-likeness (QED) is 0.901. The fraction of sp³-hybridized carbons (Fsp3) is 0.800.